The molecule has 1 amide bonds. The van der Waals surface area contributed by atoms with Crippen LogP contribution >= 0.6 is 15.9 Å². The first-order chi connectivity index (χ1) is 15.8. The van der Waals surface area contributed by atoms with Gasteiger partial charge in [0, 0.05) is 25.6 Å². The largest absolute Gasteiger partial charge is 0.507 e. The van der Waals surface area contributed by atoms with Gasteiger partial charge in [-0.3, -0.25) is 9.59 Å². The molecule has 2 N–H and O–H groups in total. The number of ether oxygens (including phenoxy) is 3. The zero-order valence-corrected chi connectivity index (χ0v) is 20.0. The summed E-state index contributed by atoms with van der Waals surface area (Å²) in [5.41, 5.74) is 1.80. The van der Waals surface area contributed by atoms with E-state index in [0.29, 0.717) is 22.0 Å². The number of aromatic hydroxyl groups is 1. The molecule has 8 nitrogen and oxygen atoms in total. The Morgan fingerprint density at radius 2 is 2.00 bits per heavy atom. The molecule has 1 saturated heterocycles. The fraction of sp³-hybridized carbons (Fsp3) is 0.333. The molecule has 0 bridgehead atoms. The van der Waals surface area contributed by atoms with Crippen molar-refractivity contribution >= 4 is 33.4 Å². The number of methoxy groups -OCH3 is 2. The van der Waals surface area contributed by atoms with Gasteiger partial charge in [-0.15, -0.1) is 0 Å². The first-order valence-electron chi connectivity index (χ1n) is 10.4. The molecule has 174 valence electrons. The SMILES string of the molecule is COCCN1C(=O)C(=O)C(=C(O)c2ccc3c(c2)C[C@@H](C)O3)[C@@H]1c1cc(Br)c(O)c(OC)c1. The zero-order valence-electron chi connectivity index (χ0n) is 18.4. The highest BCUT2D eigenvalue weighted by Gasteiger charge is 2.46. The summed E-state index contributed by atoms with van der Waals surface area (Å²) in [7, 11) is 2.90. The van der Waals surface area contributed by atoms with Crippen molar-refractivity contribution in [2.75, 3.05) is 27.4 Å². The third-order valence-electron chi connectivity index (χ3n) is 5.83. The minimum Gasteiger partial charge on any atom is -0.507 e. The molecule has 0 aliphatic carbocycles. The second-order valence-corrected chi connectivity index (χ2v) is 8.85. The van der Waals surface area contributed by atoms with Crippen molar-refractivity contribution in [3.63, 3.8) is 0 Å². The number of rotatable bonds is 6. The number of halogens is 1. The van der Waals surface area contributed by atoms with Gasteiger partial charge >= 0.3 is 0 Å². The van der Waals surface area contributed by atoms with Crippen LogP contribution in [0, 0.1) is 0 Å². The number of amides is 1. The first kappa shape index (κ1) is 23.1. The van der Waals surface area contributed by atoms with Crippen LogP contribution < -0.4 is 9.47 Å². The number of aliphatic hydroxyl groups excluding tert-OH is 1. The third-order valence-corrected chi connectivity index (χ3v) is 6.44. The number of aliphatic hydroxyl groups is 1. The summed E-state index contributed by atoms with van der Waals surface area (Å²) >= 11 is 3.29. The Morgan fingerprint density at radius 1 is 1.24 bits per heavy atom. The minimum atomic E-state index is -0.894. The van der Waals surface area contributed by atoms with Gasteiger partial charge in [-0.05, 0) is 64.3 Å². The number of hydrogen-bond donors (Lipinski definition) is 2. The average Bonchev–Trinajstić information content (AvgIpc) is 3.29. The molecule has 0 unspecified atom stereocenters. The van der Waals surface area contributed by atoms with Gasteiger partial charge < -0.3 is 29.3 Å². The molecule has 33 heavy (non-hydrogen) atoms. The summed E-state index contributed by atoms with van der Waals surface area (Å²) in [4.78, 5) is 27.4. The number of benzene rings is 2. The zero-order chi connectivity index (χ0) is 23.9. The van der Waals surface area contributed by atoms with E-state index >= 15 is 0 Å². The Bertz CT molecular complexity index is 1160. The van der Waals surface area contributed by atoms with Gasteiger partial charge in [0.1, 0.15) is 17.6 Å². The van der Waals surface area contributed by atoms with Crippen LogP contribution in [-0.2, 0) is 20.7 Å². The van der Waals surface area contributed by atoms with E-state index in [9.17, 15) is 19.8 Å². The number of nitrogens with zero attached hydrogens (tertiary/aromatic N) is 1. The summed E-state index contributed by atoms with van der Waals surface area (Å²) in [6.07, 6.45) is 0.711. The van der Waals surface area contributed by atoms with Crippen molar-refractivity contribution in [2.45, 2.75) is 25.5 Å². The minimum absolute atomic E-state index is 0.0267. The highest BCUT2D eigenvalue weighted by molar-refractivity contribution is 9.10. The van der Waals surface area contributed by atoms with Crippen molar-refractivity contribution < 1.29 is 34.0 Å². The van der Waals surface area contributed by atoms with Crippen LogP contribution in [0.15, 0.2) is 40.4 Å². The van der Waals surface area contributed by atoms with Crippen molar-refractivity contribution in [2.24, 2.45) is 0 Å². The number of carbonyl (C=O) groups is 2. The molecular formula is C24H24BrNO7. The Kier molecular flexibility index (Phi) is 6.36. The molecule has 2 heterocycles. The van der Waals surface area contributed by atoms with Gasteiger partial charge in [0.15, 0.2) is 11.5 Å². The van der Waals surface area contributed by atoms with Crippen molar-refractivity contribution in [1.82, 2.24) is 4.90 Å². The topological polar surface area (TPSA) is 106 Å². The molecule has 1 fully saturated rings. The number of ketones is 1. The highest BCUT2D eigenvalue weighted by atomic mass is 79.9. The number of phenols is 1. The molecule has 2 aliphatic heterocycles. The molecule has 0 radical (unpaired) electrons. The predicted molar refractivity (Wildman–Crippen MR) is 123 cm³/mol. The summed E-state index contributed by atoms with van der Waals surface area (Å²) < 4.78 is 16.4. The van der Waals surface area contributed by atoms with E-state index in [1.807, 2.05) is 6.92 Å². The van der Waals surface area contributed by atoms with Crippen molar-refractivity contribution in [3.05, 3.63) is 57.1 Å². The van der Waals surface area contributed by atoms with Crippen LogP contribution in [0.25, 0.3) is 5.76 Å². The van der Waals surface area contributed by atoms with E-state index in [2.05, 4.69) is 15.9 Å². The van der Waals surface area contributed by atoms with E-state index in [1.165, 1.54) is 19.1 Å². The lowest BCUT2D eigenvalue weighted by Crippen LogP contribution is -2.32. The van der Waals surface area contributed by atoms with E-state index in [1.54, 1.807) is 30.3 Å². The van der Waals surface area contributed by atoms with E-state index in [4.69, 9.17) is 14.2 Å². The Morgan fingerprint density at radius 3 is 2.70 bits per heavy atom. The Labute approximate surface area is 199 Å². The second-order valence-electron chi connectivity index (χ2n) is 7.99. The summed E-state index contributed by atoms with van der Waals surface area (Å²) in [5, 5.41) is 21.5. The third kappa shape index (κ3) is 4.06. The lowest BCUT2D eigenvalue weighted by atomic mass is 9.94. The summed E-state index contributed by atoms with van der Waals surface area (Å²) in [6.45, 7) is 2.30. The Hall–Kier alpha value is -3.04. The molecule has 0 spiro atoms. The Balaban J connectivity index is 1.88. The molecule has 2 atom stereocenters. The quantitative estimate of drug-likeness (QED) is 0.342. The fourth-order valence-electron chi connectivity index (χ4n) is 4.28. The van der Waals surface area contributed by atoms with Crippen LogP contribution in [0.1, 0.15) is 29.7 Å². The van der Waals surface area contributed by atoms with Gasteiger partial charge in [-0.2, -0.15) is 0 Å². The van der Waals surface area contributed by atoms with E-state index < -0.39 is 17.7 Å². The number of Topliss-reactive ketones (excluding diaryl/α,β-unsaturated/α-hetero) is 1. The smallest absolute Gasteiger partial charge is 0.295 e. The number of phenolic OH excluding ortho intramolecular Hbond substituents is 1. The standard InChI is InChI=1S/C24H24BrNO7/c1-12-8-14-9-13(4-5-17(14)33-12)21(27)19-20(26(6-7-31-2)24(30)23(19)29)15-10-16(25)22(28)18(11-15)32-3/h4-5,9-12,20,27-28H,6-8H2,1-3H3/t12-,20+/m1/s1. The molecular weight excluding hydrogens is 494 g/mol. The lowest BCUT2D eigenvalue weighted by Gasteiger charge is -2.25. The van der Waals surface area contributed by atoms with Crippen LogP contribution in [0.5, 0.6) is 17.2 Å². The van der Waals surface area contributed by atoms with E-state index in [0.717, 1.165) is 11.3 Å². The maximum Gasteiger partial charge on any atom is 0.295 e. The average molecular weight is 518 g/mol. The molecule has 0 aromatic heterocycles. The van der Waals surface area contributed by atoms with Gasteiger partial charge in [-0.25, -0.2) is 0 Å². The molecule has 0 saturated carbocycles. The maximum absolute atomic E-state index is 13.1. The second kappa shape index (κ2) is 9.07. The van der Waals surface area contributed by atoms with Crippen LogP contribution in [0.4, 0.5) is 0 Å². The van der Waals surface area contributed by atoms with E-state index in [-0.39, 0.29) is 42.1 Å². The van der Waals surface area contributed by atoms with Gasteiger partial charge in [-0.1, -0.05) is 0 Å². The maximum atomic E-state index is 13.1. The molecule has 2 aromatic carbocycles. The van der Waals surface area contributed by atoms with Crippen molar-refractivity contribution in [1.29, 1.82) is 0 Å². The number of likely N-dealkylation sites (tertiary alicyclic amines) is 1. The molecule has 2 aliphatic rings. The van der Waals surface area contributed by atoms with Crippen LogP contribution in [-0.4, -0.2) is 60.3 Å². The normalized spacial score (nSPS) is 21.3. The van der Waals surface area contributed by atoms with Crippen LogP contribution in [0.2, 0.25) is 0 Å². The van der Waals surface area contributed by atoms with Gasteiger partial charge in [0.25, 0.3) is 11.7 Å². The number of fused-ring (bicyclic) bond motifs is 1. The number of hydrogen-bond acceptors (Lipinski definition) is 7. The van der Waals surface area contributed by atoms with Gasteiger partial charge in [0.2, 0.25) is 0 Å². The predicted octanol–water partition coefficient (Wildman–Crippen LogP) is 3.55. The summed E-state index contributed by atoms with van der Waals surface area (Å²) in [6, 6.07) is 7.45. The van der Waals surface area contributed by atoms with Crippen LogP contribution in [0.3, 0.4) is 0 Å². The highest BCUT2D eigenvalue weighted by Crippen LogP contribution is 2.44. The monoisotopic (exact) mass is 517 g/mol. The van der Waals surface area contributed by atoms with Crippen molar-refractivity contribution in [3.8, 4) is 17.2 Å². The molecule has 4 rings (SSSR count). The fourth-order valence-corrected chi connectivity index (χ4v) is 4.74. The molecule has 2 aromatic rings. The summed E-state index contributed by atoms with van der Waals surface area (Å²) in [5.74, 6) is -1.00. The molecule has 9 heteroatoms. The van der Waals surface area contributed by atoms with Gasteiger partial charge in [0.05, 0.1) is 29.8 Å². The first-order valence-corrected chi connectivity index (χ1v) is 11.2. The lowest BCUT2D eigenvalue weighted by molar-refractivity contribution is -0.140. The number of carbonyl (C=O) groups excluding carboxylic acids is 2.